The molecule has 1 aliphatic heterocycles. The minimum absolute atomic E-state index is 0.00694. The average molecular weight is 276 g/mol. The lowest BCUT2D eigenvalue weighted by molar-refractivity contribution is 0.0741. The maximum Gasteiger partial charge on any atom is 0.272 e. The Kier molecular flexibility index (Phi) is 5.09. The summed E-state index contributed by atoms with van der Waals surface area (Å²) in [4.78, 5) is 20.6. The maximum atomic E-state index is 12.3. The molecule has 2 rings (SSSR count). The van der Waals surface area contributed by atoms with Crippen molar-refractivity contribution in [1.82, 2.24) is 14.8 Å². The third-order valence-electron chi connectivity index (χ3n) is 4.00. The van der Waals surface area contributed by atoms with Crippen LogP contribution >= 0.6 is 0 Å². The van der Waals surface area contributed by atoms with Gasteiger partial charge in [0.05, 0.1) is 0 Å². The molecule has 110 valence electrons. The van der Waals surface area contributed by atoms with E-state index in [0.717, 1.165) is 38.0 Å². The summed E-state index contributed by atoms with van der Waals surface area (Å²) in [6.45, 7) is 3.51. The van der Waals surface area contributed by atoms with E-state index in [-0.39, 0.29) is 5.91 Å². The first-order valence-electron chi connectivity index (χ1n) is 7.19. The Labute approximate surface area is 120 Å². The Morgan fingerprint density at radius 1 is 1.45 bits per heavy atom. The number of carbonyl (C=O) groups excluding carboxylic acids is 1. The number of nitrogens with two attached hydrogens (primary N) is 1. The van der Waals surface area contributed by atoms with Crippen molar-refractivity contribution in [3.63, 3.8) is 0 Å². The van der Waals surface area contributed by atoms with Gasteiger partial charge in [0.25, 0.3) is 5.91 Å². The van der Waals surface area contributed by atoms with E-state index >= 15 is 0 Å². The van der Waals surface area contributed by atoms with Gasteiger partial charge in [0.15, 0.2) is 0 Å². The fourth-order valence-electron chi connectivity index (χ4n) is 2.58. The first-order valence-corrected chi connectivity index (χ1v) is 7.19. The summed E-state index contributed by atoms with van der Waals surface area (Å²) in [5, 5.41) is 0. The predicted octanol–water partition coefficient (Wildman–Crippen LogP) is 0.954. The van der Waals surface area contributed by atoms with Crippen molar-refractivity contribution in [2.24, 2.45) is 11.7 Å². The van der Waals surface area contributed by atoms with Crippen LogP contribution in [-0.2, 0) is 6.54 Å². The highest BCUT2D eigenvalue weighted by molar-refractivity contribution is 5.92. The van der Waals surface area contributed by atoms with Gasteiger partial charge in [-0.05, 0) is 50.5 Å². The zero-order chi connectivity index (χ0) is 14.5. The van der Waals surface area contributed by atoms with E-state index in [0.29, 0.717) is 18.2 Å². The van der Waals surface area contributed by atoms with Gasteiger partial charge >= 0.3 is 0 Å². The second kappa shape index (κ2) is 6.81. The lowest BCUT2D eigenvalue weighted by Gasteiger charge is -2.31. The number of amides is 1. The summed E-state index contributed by atoms with van der Waals surface area (Å²) in [6.07, 6.45) is 4.00. The molecule has 2 N–H and O–H groups in total. The number of hydrogen-bond donors (Lipinski definition) is 1. The van der Waals surface area contributed by atoms with Gasteiger partial charge < -0.3 is 15.5 Å². The zero-order valence-electron chi connectivity index (χ0n) is 12.4. The van der Waals surface area contributed by atoms with Crippen molar-refractivity contribution in [1.29, 1.82) is 0 Å². The first kappa shape index (κ1) is 14.9. The van der Waals surface area contributed by atoms with Crippen LogP contribution in [0.5, 0.6) is 0 Å². The molecule has 0 radical (unpaired) electrons. The Morgan fingerprint density at radius 3 is 2.70 bits per heavy atom. The highest BCUT2D eigenvalue weighted by Crippen LogP contribution is 2.17. The largest absolute Gasteiger partial charge is 0.340 e. The third kappa shape index (κ3) is 3.77. The molecule has 2 heterocycles. The van der Waals surface area contributed by atoms with Gasteiger partial charge in [-0.25, -0.2) is 0 Å². The van der Waals surface area contributed by atoms with Crippen molar-refractivity contribution in [3.05, 3.63) is 29.6 Å². The molecule has 5 heteroatoms. The van der Waals surface area contributed by atoms with Gasteiger partial charge in [0.2, 0.25) is 0 Å². The number of piperidine rings is 1. The van der Waals surface area contributed by atoms with E-state index in [4.69, 9.17) is 5.73 Å². The maximum absolute atomic E-state index is 12.3. The molecule has 1 fully saturated rings. The summed E-state index contributed by atoms with van der Waals surface area (Å²) in [6, 6.07) is 3.62. The summed E-state index contributed by atoms with van der Waals surface area (Å²) in [7, 11) is 4.01. The lowest BCUT2D eigenvalue weighted by atomic mass is 9.96. The molecule has 1 amide bonds. The van der Waals surface area contributed by atoms with E-state index in [2.05, 4.69) is 16.9 Å². The molecule has 1 aromatic rings. The quantitative estimate of drug-likeness (QED) is 0.889. The van der Waals surface area contributed by atoms with Crippen LogP contribution < -0.4 is 5.73 Å². The van der Waals surface area contributed by atoms with Crippen LogP contribution in [0, 0.1) is 5.92 Å². The van der Waals surface area contributed by atoms with E-state index in [9.17, 15) is 4.79 Å². The van der Waals surface area contributed by atoms with Gasteiger partial charge in [-0.15, -0.1) is 0 Å². The molecular formula is C15H24N4O. The highest BCUT2D eigenvalue weighted by Gasteiger charge is 2.21. The van der Waals surface area contributed by atoms with Gasteiger partial charge in [-0.1, -0.05) is 6.07 Å². The lowest BCUT2D eigenvalue weighted by Crippen LogP contribution is -2.38. The molecule has 0 aromatic carbocycles. The van der Waals surface area contributed by atoms with Crippen molar-refractivity contribution in [2.75, 3.05) is 33.7 Å². The first-order chi connectivity index (χ1) is 9.60. The molecule has 1 aliphatic rings. The van der Waals surface area contributed by atoms with Gasteiger partial charge in [-0.2, -0.15) is 0 Å². The fraction of sp³-hybridized carbons (Fsp3) is 0.600. The second-order valence-electron chi connectivity index (χ2n) is 5.69. The number of hydrogen-bond acceptors (Lipinski definition) is 4. The van der Waals surface area contributed by atoms with Crippen LogP contribution in [0.2, 0.25) is 0 Å². The molecule has 5 nitrogen and oxygen atoms in total. The minimum atomic E-state index is -0.00694. The summed E-state index contributed by atoms with van der Waals surface area (Å²) in [5.74, 6) is 0.593. The summed E-state index contributed by atoms with van der Waals surface area (Å²) >= 11 is 0. The Bertz CT molecular complexity index is 438. The molecule has 0 unspecified atom stereocenters. The van der Waals surface area contributed by atoms with Gasteiger partial charge in [-0.3, -0.25) is 9.78 Å². The van der Waals surface area contributed by atoms with Crippen LogP contribution in [0.1, 0.15) is 28.9 Å². The second-order valence-corrected chi connectivity index (χ2v) is 5.69. The highest BCUT2D eigenvalue weighted by atomic mass is 16.2. The molecule has 0 aliphatic carbocycles. The van der Waals surface area contributed by atoms with E-state index < -0.39 is 0 Å². The summed E-state index contributed by atoms with van der Waals surface area (Å²) < 4.78 is 0. The SMILES string of the molecule is CN1CCC(CN(C)C(=O)c2ccc(CN)cn2)CC1. The van der Waals surface area contributed by atoms with Gasteiger partial charge in [0, 0.05) is 26.3 Å². The Balaban J connectivity index is 1.90. The van der Waals surface area contributed by atoms with Crippen LogP contribution in [-0.4, -0.2) is 54.4 Å². The molecule has 20 heavy (non-hydrogen) atoms. The van der Waals surface area contributed by atoms with Crippen molar-refractivity contribution in [2.45, 2.75) is 19.4 Å². The van der Waals surface area contributed by atoms with E-state index in [1.165, 1.54) is 0 Å². The standard InChI is InChI=1S/C15H24N4O/c1-18-7-5-12(6-8-18)11-19(2)15(20)14-4-3-13(9-16)10-17-14/h3-4,10,12H,5-9,11,16H2,1-2H3. The molecule has 0 bridgehead atoms. The van der Waals surface area contributed by atoms with Crippen LogP contribution in [0.15, 0.2) is 18.3 Å². The normalized spacial score (nSPS) is 17.1. The van der Waals surface area contributed by atoms with E-state index in [1.807, 2.05) is 13.1 Å². The molecule has 0 saturated carbocycles. The van der Waals surface area contributed by atoms with Crippen molar-refractivity contribution in [3.8, 4) is 0 Å². The van der Waals surface area contributed by atoms with Gasteiger partial charge in [0.1, 0.15) is 5.69 Å². The van der Waals surface area contributed by atoms with Crippen LogP contribution in [0.3, 0.4) is 0 Å². The molecule has 0 spiro atoms. The summed E-state index contributed by atoms with van der Waals surface area (Å²) in [5.41, 5.74) is 6.97. The number of pyridine rings is 1. The minimum Gasteiger partial charge on any atom is -0.340 e. The van der Waals surface area contributed by atoms with Crippen LogP contribution in [0.25, 0.3) is 0 Å². The molecule has 0 atom stereocenters. The number of carbonyl (C=O) groups is 1. The third-order valence-corrected chi connectivity index (χ3v) is 4.00. The predicted molar refractivity (Wildman–Crippen MR) is 79.3 cm³/mol. The average Bonchev–Trinajstić information content (AvgIpc) is 2.49. The Morgan fingerprint density at radius 2 is 2.15 bits per heavy atom. The van der Waals surface area contributed by atoms with Crippen molar-refractivity contribution < 1.29 is 4.79 Å². The smallest absolute Gasteiger partial charge is 0.272 e. The molecule has 1 aromatic heterocycles. The number of rotatable bonds is 4. The number of likely N-dealkylation sites (tertiary alicyclic amines) is 1. The Hall–Kier alpha value is -1.46. The zero-order valence-corrected chi connectivity index (χ0v) is 12.4. The molecular weight excluding hydrogens is 252 g/mol. The number of aromatic nitrogens is 1. The van der Waals surface area contributed by atoms with Crippen LogP contribution in [0.4, 0.5) is 0 Å². The molecule has 1 saturated heterocycles. The van der Waals surface area contributed by atoms with E-state index in [1.54, 1.807) is 17.2 Å². The monoisotopic (exact) mass is 276 g/mol. The topological polar surface area (TPSA) is 62.5 Å². The number of nitrogens with zero attached hydrogens (tertiary/aromatic N) is 3. The van der Waals surface area contributed by atoms with Crippen molar-refractivity contribution >= 4 is 5.91 Å². The fourth-order valence-corrected chi connectivity index (χ4v) is 2.58.